The van der Waals surface area contributed by atoms with Gasteiger partial charge in [0.25, 0.3) is 0 Å². The molecule has 136 valence electrons. The van der Waals surface area contributed by atoms with Crippen molar-refractivity contribution in [2.45, 2.75) is 18.8 Å². The second kappa shape index (κ2) is 7.60. The highest BCUT2D eigenvalue weighted by Gasteiger charge is 2.27. The minimum atomic E-state index is -0.934. The molecule has 27 heavy (non-hydrogen) atoms. The fourth-order valence-corrected chi connectivity index (χ4v) is 3.68. The fourth-order valence-electron chi connectivity index (χ4n) is 3.68. The number of nitrogens with zero attached hydrogens (tertiary/aromatic N) is 1. The van der Waals surface area contributed by atoms with E-state index in [-0.39, 0.29) is 12.3 Å². The number of rotatable bonds is 5. The molecule has 3 aromatic rings. The highest BCUT2D eigenvalue weighted by atomic mass is 16.5. The molecule has 0 saturated carbocycles. The molecule has 0 unspecified atom stereocenters. The lowest BCUT2D eigenvalue weighted by Gasteiger charge is -2.22. The van der Waals surface area contributed by atoms with E-state index in [2.05, 4.69) is 4.98 Å². The van der Waals surface area contributed by atoms with Crippen LogP contribution in [0.5, 0.6) is 0 Å². The zero-order chi connectivity index (χ0) is 18.8. The Morgan fingerprint density at radius 3 is 2.96 bits per heavy atom. The molecule has 0 fully saturated rings. The van der Waals surface area contributed by atoms with Gasteiger partial charge in [-0.15, -0.1) is 0 Å². The Morgan fingerprint density at radius 1 is 1.22 bits per heavy atom. The van der Waals surface area contributed by atoms with E-state index in [4.69, 9.17) is 10.4 Å². The van der Waals surface area contributed by atoms with Gasteiger partial charge in [-0.3, -0.25) is 9.78 Å². The van der Waals surface area contributed by atoms with Crippen LogP contribution in [0, 0.1) is 0 Å². The Morgan fingerprint density at radius 2 is 2.11 bits per heavy atom. The summed E-state index contributed by atoms with van der Waals surface area (Å²) >= 11 is 0. The lowest BCUT2D eigenvalue weighted by Crippen LogP contribution is -2.41. The summed E-state index contributed by atoms with van der Waals surface area (Å²) in [4.78, 5) is 17.1. The normalized spacial score (nSPS) is 14.8. The minimum absolute atomic E-state index is 0.0667. The molecule has 0 radical (unpaired) electrons. The lowest BCUT2D eigenvalue weighted by atomic mass is 9.72. The van der Waals surface area contributed by atoms with Gasteiger partial charge in [0.1, 0.15) is 5.78 Å². The summed E-state index contributed by atoms with van der Waals surface area (Å²) in [7, 11) is -0.934. The summed E-state index contributed by atoms with van der Waals surface area (Å²) in [6, 6.07) is 13.7. The van der Waals surface area contributed by atoms with E-state index in [0.717, 1.165) is 39.3 Å². The maximum absolute atomic E-state index is 12.9. The van der Waals surface area contributed by atoms with E-state index < -0.39 is 13.0 Å². The zero-order valence-electron chi connectivity index (χ0n) is 15.0. The van der Waals surface area contributed by atoms with Gasteiger partial charge in [-0.05, 0) is 40.0 Å². The molecular formula is C21H21BN2O3. The number of hydrogen-bond donors (Lipinski definition) is 2. The largest absolute Gasteiger partial charge is 0.491 e. The summed E-state index contributed by atoms with van der Waals surface area (Å²) in [5.74, 6) is -0.338. The summed E-state index contributed by atoms with van der Waals surface area (Å²) in [6.45, 7) is 0.732. The van der Waals surface area contributed by atoms with Gasteiger partial charge in [-0.1, -0.05) is 36.4 Å². The van der Waals surface area contributed by atoms with Gasteiger partial charge in [-0.2, -0.15) is 0 Å². The Kier molecular flexibility index (Phi) is 5.03. The number of nitrogens with two attached hydrogens (primary N) is 1. The number of Topliss-reactive ketones (excluding diaryl/α,β-unsaturated/α-hetero) is 1. The van der Waals surface area contributed by atoms with Gasteiger partial charge < -0.3 is 15.4 Å². The summed E-state index contributed by atoms with van der Waals surface area (Å²) in [6.07, 6.45) is 4.64. The van der Waals surface area contributed by atoms with Crippen LogP contribution in [0.1, 0.15) is 22.6 Å². The van der Waals surface area contributed by atoms with Crippen molar-refractivity contribution in [3.63, 3.8) is 0 Å². The first-order valence-corrected chi connectivity index (χ1v) is 9.13. The van der Waals surface area contributed by atoms with E-state index in [0.29, 0.717) is 13.0 Å². The Hall–Kier alpha value is -2.54. The van der Waals surface area contributed by atoms with Crippen molar-refractivity contribution in [3.05, 3.63) is 71.5 Å². The number of hydrogen-bond acceptors (Lipinski definition) is 5. The summed E-state index contributed by atoms with van der Waals surface area (Å²) in [5.41, 5.74) is 9.52. The number of carbonyl (C=O) groups is 1. The molecular weight excluding hydrogens is 339 g/mol. The van der Waals surface area contributed by atoms with Gasteiger partial charge in [0.05, 0.1) is 5.92 Å². The van der Waals surface area contributed by atoms with Gasteiger partial charge in [0.2, 0.25) is 0 Å². The summed E-state index contributed by atoms with van der Waals surface area (Å²) < 4.78 is 5.30. The zero-order valence-corrected chi connectivity index (χ0v) is 15.0. The monoisotopic (exact) mass is 360 g/mol. The van der Waals surface area contributed by atoms with Crippen molar-refractivity contribution in [2.75, 3.05) is 13.2 Å². The molecule has 6 heteroatoms. The van der Waals surface area contributed by atoms with Gasteiger partial charge >= 0.3 is 7.12 Å². The molecule has 0 aliphatic carbocycles. The van der Waals surface area contributed by atoms with Crippen LogP contribution in [-0.4, -0.2) is 36.1 Å². The molecule has 2 heterocycles. The maximum atomic E-state index is 12.9. The Labute approximate surface area is 158 Å². The van der Waals surface area contributed by atoms with Crippen molar-refractivity contribution in [1.82, 2.24) is 4.98 Å². The predicted octanol–water partition coefficient (Wildman–Crippen LogP) is 1.35. The molecule has 0 bridgehead atoms. The first-order chi connectivity index (χ1) is 13.2. The Balaban J connectivity index is 1.58. The molecule has 0 spiro atoms. The van der Waals surface area contributed by atoms with Crippen molar-refractivity contribution < 1.29 is 14.5 Å². The molecule has 2 aromatic carbocycles. The lowest BCUT2D eigenvalue weighted by molar-refractivity contribution is -0.119. The van der Waals surface area contributed by atoms with Crippen LogP contribution in [-0.2, 0) is 22.3 Å². The smallest absolute Gasteiger partial charge is 0.423 e. The number of carbonyl (C=O) groups excluding carboxylic acids is 1. The number of aromatic nitrogens is 1. The van der Waals surface area contributed by atoms with Gasteiger partial charge in [0, 0.05) is 37.4 Å². The molecule has 4 rings (SSSR count). The van der Waals surface area contributed by atoms with Gasteiger partial charge in [0.15, 0.2) is 0 Å². The standard InChI is InChI=1S/C21H21BN2O3/c23-12-19(17-4-3-15-6-8-27-22(26)20(15)11-17)21(25)10-14-1-2-18-13-24-7-5-16(18)9-14/h1-5,7,9,11,13,19,26H,6,8,10,12,23H2/t19-/m1/s1. The number of ketones is 1. The third kappa shape index (κ3) is 3.64. The molecule has 1 aliphatic heterocycles. The SMILES string of the molecule is NC[C@@H](C(=O)Cc1ccc2cnccc2c1)c1ccc2c(c1)B(O)OCC2. The van der Waals surface area contributed by atoms with E-state index in [9.17, 15) is 9.82 Å². The second-order valence-electron chi connectivity index (χ2n) is 6.92. The molecule has 0 saturated heterocycles. The third-order valence-electron chi connectivity index (χ3n) is 5.19. The molecule has 5 nitrogen and oxygen atoms in total. The van der Waals surface area contributed by atoms with Crippen LogP contribution >= 0.6 is 0 Å². The molecule has 0 amide bonds. The fraction of sp³-hybridized carbons (Fsp3) is 0.238. The van der Waals surface area contributed by atoms with E-state index in [1.54, 1.807) is 6.20 Å². The third-order valence-corrected chi connectivity index (χ3v) is 5.19. The van der Waals surface area contributed by atoms with Gasteiger partial charge in [-0.25, -0.2) is 0 Å². The van der Waals surface area contributed by atoms with Crippen molar-refractivity contribution in [1.29, 1.82) is 0 Å². The quantitative estimate of drug-likeness (QED) is 0.671. The molecule has 1 aliphatic rings. The number of benzene rings is 2. The molecule has 3 N–H and O–H groups in total. The highest BCUT2D eigenvalue weighted by molar-refractivity contribution is 6.60. The van der Waals surface area contributed by atoms with Crippen LogP contribution in [0.3, 0.4) is 0 Å². The highest BCUT2D eigenvalue weighted by Crippen LogP contribution is 2.21. The van der Waals surface area contributed by atoms with E-state index in [1.807, 2.05) is 48.7 Å². The first-order valence-electron chi connectivity index (χ1n) is 9.13. The number of fused-ring (bicyclic) bond motifs is 2. The first kappa shape index (κ1) is 17.9. The topological polar surface area (TPSA) is 85.4 Å². The van der Waals surface area contributed by atoms with Crippen LogP contribution in [0.25, 0.3) is 10.8 Å². The van der Waals surface area contributed by atoms with Crippen molar-refractivity contribution >= 4 is 29.1 Å². The van der Waals surface area contributed by atoms with Crippen LogP contribution in [0.15, 0.2) is 54.9 Å². The Bertz CT molecular complexity index is 992. The predicted molar refractivity (Wildman–Crippen MR) is 106 cm³/mol. The number of pyridine rings is 1. The summed E-state index contributed by atoms with van der Waals surface area (Å²) in [5, 5.41) is 12.2. The van der Waals surface area contributed by atoms with Crippen molar-refractivity contribution in [2.24, 2.45) is 5.73 Å². The average molecular weight is 360 g/mol. The van der Waals surface area contributed by atoms with Crippen LogP contribution in [0.2, 0.25) is 0 Å². The minimum Gasteiger partial charge on any atom is -0.423 e. The van der Waals surface area contributed by atoms with Crippen LogP contribution < -0.4 is 11.2 Å². The maximum Gasteiger partial charge on any atom is 0.491 e. The second-order valence-corrected chi connectivity index (χ2v) is 6.92. The molecule has 1 atom stereocenters. The van der Waals surface area contributed by atoms with Crippen molar-refractivity contribution in [3.8, 4) is 0 Å². The van der Waals surface area contributed by atoms with E-state index in [1.165, 1.54) is 0 Å². The van der Waals surface area contributed by atoms with Crippen LogP contribution in [0.4, 0.5) is 0 Å². The van der Waals surface area contributed by atoms with E-state index >= 15 is 0 Å². The average Bonchev–Trinajstić information content (AvgIpc) is 2.69. The molecule has 1 aromatic heterocycles.